The van der Waals surface area contributed by atoms with Gasteiger partial charge < -0.3 is 15.7 Å². The van der Waals surface area contributed by atoms with Crippen molar-refractivity contribution in [2.45, 2.75) is 6.04 Å². The van der Waals surface area contributed by atoms with E-state index in [1.807, 2.05) is 24.3 Å². The van der Waals surface area contributed by atoms with Crippen LogP contribution in [0.3, 0.4) is 0 Å². The van der Waals surface area contributed by atoms with Gasteiger partial charge >= 0.3 is 12.0 Å². The molecule has 1 atom stereocenters. The van der Waals surface area contributed by atoms with Gasteiger partial charge in [-0.25, -0.2) is 9.59 Å². The molecule has 2 aromatic carbocycles. The lowest BCUT2D eigenvalue weighted by atomic mass is 10.1. The number of carbonyl (C=O) groups excluding carboxylic acids is 1. The highest BCUT2D eigenvalue weighted by Crippen LogP contribution is 2.20. The number of carboxylic acids is 1. The monoisotopic (exact) mass is 347 g/mol. The lowest BCUT2D eigenvalue weighted by Crippen LogP contribution is -2.36. The molecule has 1 aromatic heterocycles. The number of nitrogens with zero attached hydrogens (tertiary/aromatic N) is 1. The maximum Gasteiger partial charge on any atom is 0.330 e. The van der Waals surface area contributed by atoms with E-state index >= 15 is 0 Å². The van der Waals surface area contributed by atoms with E-state index in [0.717, 1.165) is 11.1 Å². The Kier molecular flexibility index (Phi) is 5.24. The number of hydrogen-bond donors (Lipinski definition) is 3. The third-order valence-corrected chi connectivity index (χ3v) is 3.81. The van der Waals surface area contributed by atoms with E-state index in [-0.39, 0.29) is 0 Å². The molecule has 3 N–H and O–H groups in total. The quantitative estimate of drug-likeness (QED) is 0.656. The van der Waals surface area contributed by atoms with E-state index < -0.39 is 18.0 Å². The number of nitrogens with one attached hydrogen (secondary N) is 2. The van der Waals surface area contributed by atoms with Crippen molar-refractivity contribution in [3.05, 3.63) is 84.7 Å². The minimum atomic E-state index is -1.13. The van der Waals surface area contributed by atoms with Crippen LogP contribution in [0.4, 0.5) is 10.5 Å². The summed E-state index contributed by atoms with van der Waals surface area (Å²) in [4.78, 5) is 27.6. The highest BCUT2D eigenvalue weighted by Gasteiger charge is 2.21. The molecule has 0 fully saturated rings. The third kappa shape index (κ3) is 4.24. The number of urea groups is 1. The van der Waals surface area contributed by atoms with Gasteiger partial charge in [-0.15, -0.1) is 0 Å². The van der Waals surface area contributed by atoms with Crippen LogP contribution in [0.15, 0.2) is 79.1 Å². The molecule has 0 saturated carbocycles. The van der Waals surface area contributed by atoms with Crippen molar-refractivity contribution in [3.8, 4) is 11.1 Å². The highest BCUT2D eigenvalue weighted by molar-refractivity contribution is 5.92. The van der Waals surface area contributed by atoms with Crippen LogP contribution in [-0.4, -0.2) is 22.1 Å². The van der Waals surface area contributed by atoms with Crippen molar-refractivity contribution in [3.63, 3.8) is 0 Å². The Labute approximate surface area is 150 Å². The molecule has 1 heterocycles. The molecule has 6 heteroatoms. The first-order valence-corrected chi connectivity index (χ1v) is 7.99. The van der Waals surface area contributed by atoms with Gasteiger partial charge in [-0.1, -0.05) is 42.5 Å². The van der Waals surface area contributed by atoms with Gasteiger partial charge in [-0.3, -0.25) is 4.98 Å². The van der Waals surface area contributed by atoms with Gasteiger partial charge in [-0.05, 0) is 41.0 Å². The molecule has 0 aliphatic heterocycles. The molecule has 0 aliphatic carbocycles. The number of aromatic nitrogens is 1. The van der Waals surface area contributed by atoms with Gasteiger partial charge in [0.1, 0.15) is 0 Å². The fourth-order valence-electron chi connectivity index (χ4n) is 2.52. The molecule has 130 valence electrons. The van der Waals surface area contributed by atoms with Crippen LogP contribution in [0, 0.1) is 0 Å². The predicted octanol–water partition coefficient (Wildman–Crippen LogP) is 3.70. The standard InChI is InChI=1S/C20H17N3O3/c24-19(25)18(16-4-2-1-3-5-16)23-20(26)22-17-8-6-14(7-9-17)15-10-12-21-13-11-15/h1-13,18H,(H,24,25)(H2,22,23,26)/t18-/m0/s1. The van der Waals surface area contributed by atoms with Crippen molar-refractivity contribution in [1.29, 1.82) is 0 Å². The molecular weight excluding hydrogens is 330 g/mol. The van der Waals surface area contributed by atoms with Crippen LogP contribution in [0.5, 0.6) is 0 Å². The lowest BCUT2D eigenvalue weighted by Gasteiger charge is -2.15. The maximum atomic E-state index is 12.2. The average Bonchev–Trinajstić information content (AvgIpc) is 2.68. The van der Waals surface area contributed by atoms with Crippen LogP contribution in [0.1, 0.15) is 11.6 Å². The van der Waals surface area contributed by atoms with E-state index in [1.165, 1.54) is 0 Å². The van der Waals surface area contributed by atoms with Crippen LogP contribution >= 0.6 is 0 Å². The summed E-state index contributed by atoms with van der Waals surface area (Å²) in [6.07, 6.45) is 3.43. The Bertz CT molecular complexity index is 881. The second-order valence-electron chi connectivity index (χ2n) is 5.59. The minimum Gasteiger partial charge on any atom is -0.479 e. The first-order valence-electron chi connectivity index (χ1n) is 7.99. The van der Waals surface area contributed by atoms with Crippen molar-refractivity contribution in [2.75, 3.05) is 5.32 Å². The van der Waals surface area contributed by atoms with Crippen molar-refractivity contribution >= 4 is 17.7 Å². The second-order valence-corrected chi connectivity index (χ2v) is 5.59. The molecule has 0 saturated heterocycles. The normalized spacial score (nSPS) is 11.4. The zero-order valence-corrected chi connectivity index (χ0v) is 13.8. The smallest absolute Gasteiger partial charge is 0.330 e. The number of aliphatic carboxylic acids is 1. The summed E-state index contributed by atoms with van der Waals surface area (Å²) in [5, 5.41) is 14.5. The van der Waals surface area contributed by atoms with Crippen molar-refractivity contribution in [2.24, 2.45) is 0 Å². The largest absolute Gasteiger partial charge is 0.479 e. The molecule has 3 rings (SSSR count). The summed E-state index contributed by atoms with van der Waals surface area (Å²) in [7, 11) is 0. The Hall–Kier alpha value is -3.67. The van der Waals surface area contributed by atoms with E-state index in [9.17, 15) is 14.7 Å². The molecule has 26 heavy (non-hydrogen) atoms. The van der Waals surface area contributed by atoms with E-state index in [0.29, 0.717) is 11.3 Å². The number of carboxylic acid groups (broad SMARTS) is 1. The van der Waals surface area contributed by atoms with Crippen molar-refractivity contribution in [1.82, 2.24) is 10.3 Å². The fourth-order valence-corrected chi connectivity index (χ4v) is 2.52. The predicted molar refractivity (Wildman–Crippen MR) is 98.6 cm³/mol. The number of amides is 2. The topological polar surface area (TPSA) is 91.3 Å². The summed E-state index contributed by atoms with van der Waals surface area (Å²) in [5.74, 6) is -1.13. The summed E-state index contributed by atoms with van der Waals surface area (Å²) < 4.78 is 0. The second kappa shape index (κ2) is 7.94. The Balaban J connectivity index is 1.67. The van der Waals surface area contributed by atoms with Crippen LogP contribution in [0.2, 0.25) is 0 Å². The van der Waals surface area contributed by atoms with Crippen LogP contribution in [0.25, 0.3) is 11.1 Å². The average molecular weight is 347 g/mol. The zero-order valence-electron chi connectivity index (χ0n) is 13.8. The van der Waals surface area contributed by atoms with Crippen molar-refractivity contribution < 1.29 is 14.7 Å². The summed E-state index contributed by atoms with van der Waals surface area (Å²) in [6.45, 7) is 0. The molecule has 0 bridgehead atoms. The van der Waals surface area contributed by atoms with Gasteiger partial charge in [0.15, 0.2) is 6.04 Å². The first-order chi connectivity index (χ1) is 12.6. The zero-order chi connectivity index (χ0) is 18.4. The van der Waals surface area contributed by atoms with E-state index in [1.54, 1.807) is 54.9 Å². The molecule has 0 aliphatic rings. The lowest BCUT2D eigenvalue weighted by molar-refractivity contribution is -0.139. The molecule has 6 nitrogen and oxygen atoms in total. The molecule has 0 spiro atoms. The number of carbonyl (C=O) groups is 2. The molecular formula is C20H17N3O3. The fraction of sp³-hybridized carbons (Fsp3) is 0.0500. The number of hydrogen-bond acceptors (Lipinski definition) is 3. The summed E-state index contributed by atoms with van der Waals surface area (Å²) in [5.41, 5.74) is 3.08. The Morgan fingerprint density at radius 2 is 1.46 bits per heavy atom. The van der Waals surface area contributed by atoms with Crippen LogP contribution in [-0.2, 0) is 4.79 Å². The molecule has 0 radical (unpaired) electrons. The number of pyridine rings is 1. The van der Waals surface area contributed by atoms with E-state index in [4.69, 9.17) is 0 Å². The number of rotatable bonds is 5. The van der Waals surface area contributed by atoms with Gasteiger partial charge in [0, 0.05) is 18.1 Å². The summed E-state index contributed by atoms with van der Waals surface area (Å²) in [6, 6.07) is 17.9. The summed E-state index contributed by atoms with van der Waals surface area (Å²) >= 11 is 0. The number of anilines is 1. The Morgan fingerprint density at radius 1 is 0.846 bits per heavy atom. The van der Waals surface area contributed by atoms with Gasteiger partial charge in [0.25, 0.3) is 0 Å². The first kappa shape index (κ1) is 17.2. The van der Waals surface area contributed by atoms with E-state index in [2.05, 4.69) is 15.6 Å². The molecule has 3 aromatic rings. The van der Waals surface area contributed by atoms with Gasteiger partial charge in [0.05, 0.1) is 0 Å². The highest BCUT2D eigenvalue weighted by atomic mass is 16.4. The third-order valence-electron chi connectivity index (χ3n) is 3.81. The Morgan fingerprint density at radius 3 is 2.08 bits per heavy atom. The number of benzene rings is 2. The molecule has 0 unspecified atom stereocenters. The van der Waals surface area contributed by atoms with Gasteiger partial charge in [-0.2, -0.15) is 0 Å². The minimum absolute atomic E-state index is 0.503. The molecule has 2 amide bonds. The van der Waals surface area contributed by atoms with Gasteiger partial charge in [0.2, 0.25) is 0 Å². The van der Waals surface area contributed by atoms with Crippen LogP contribution < -0.4 is 10.6 Å². The SMILES string of the molecule is O=C(Nc1ccc(-c2ccncc2)cc1)N[C@H](C(=O)O)c1ccccc1. The maximum absolute atomic E-state index is 12.2.